The van der Waals surface area contributed by atoms with Crippen LogP contribution in [-0.2, 0) is 13.0 Å². The second-order valence-corrected chi connectivity index (χ2v) is 7.11. The van der Waals surface area contributed by atoms with Gasteiger partial charge in [-0.2, -0.15) is 0 Å². The van der Waals surface area contributed by atoms with E-state index in [1.54, 1.807) is 6.07 Å². The van der Waals surface area contributed by atoms with Gasteiger partial charge in [-0.3, -0.25) is 0 Å². The number of hydrogen-bond donors (Lipinski definition) is 1. The number of aromatic nitrogens is 3. The maximum Gasteiger partial charge on any atom is 0.161 e. The highest BCUT2D eigenvalue weighted by Gasteiger charge is 2.28. The molecule has 27 heavy (non-hydrogen) atoms. The first-order valence-electron chi connectivity index (χ1n) is 9.34. The average molecular weight is 361 g/mol. The lowest BCUT2D eigenvalue weighted by molar-refractivity contribution is 0.628. The molecule has 0 unspecified atom stereocenters. The molecule has 1 N–H and O–H groups in total. The topological polar surface area (TPSA) is 53.9 Å². The van der Waals surface area contributed by atoms with Crippen molar-refractivity contribution in [2.24, 2.45) is 0 Å². The first-order valence-corrected chi connectivity index (χ1v) is 9.34. The van der Waals surface area contributed by atoms with Crippen LogP contribution >= 0.6 is 0 Å². The standard InChI is InChI=1S/C21H20FN5/c22-15-5-3-4-14(12-15)20-25-18-9-11-27(19-6-1-2-10-23-19)13-17(18)21(26-20)24-16-7-8-16/h1-6,10,12,16H,7-9,11,13H2,(H,24,25,26). The van der Waals surface area contributed by atoms with Crippen LogP contribution < -0.4 is 10.2 Å². The monoisotopic (exact) mass is 361 g/mol. The average Bonchev–Trinajstić information content (AvgIpc) is 3.52. The van der Waals surface area contributed by atoms with Crippen LogP contribution in [0.3, 0.4) is 0 Å². The second-order valence-electron chi connectivity index (χ2n) is 7.11. The number of nitrogens with zero attached hydrogens (tertiary/aromatic N) is 4. The van der Waals surface area contributed by atoms with Crippen molar-refractivity contribution in [1.29, 1.82) is 0 Å². The van der Waals surface area contributed by atoms with Gasteiger partial charge in [-0.15, -0.1) is 0 Å². The molecule has 1 aromatic carbocycles. The molecule has 6 heteroatoms. The summed E-state index contributed by atoms with van der Waals surface area (Å²) in [7, 11) is 0. The molecule has 1 aliphatic heterocycles. The van der Waals surface area contributed by atoms with Crippen LogP contribution in [0, 0.1) is 5.82 Å². The zero-order valence-electron chi connectivity index (χ0n) is 14.9. The third kappa shape index (κ3) is 3.35. The first kappa shape index (κ1) is 16.2. The lowest BCUT2D eigenvalue weighted by atomic mass is 10.0. The van der Waals surface area contributed by atoms with Gasteiger partial charge in [0, 0.05) is 42.9 Å². The van der Waals surface area contributed by atoms with E-state index in [0.717, 1.165) is 55.2 Å². The molecule has 0 radical (unpaired) electrons. The molecular formula is C21H20FN5. The summed E-state index contributed by atoms with van der Waals surface area (Å²) < 4.78 is 13.7. The van der Waals surface area contributed by atoms with E-state index < -0.39 is 0 Å². The van der Waals surface area contributed by atoms with Crippen molar-refractivity contribution < 1.29 is 4.39 Å². The van der Waals surface area contributed by atoms with Crippen LogP contribution in [0.5, 0.6) is 0 Å². The molecule has 2 aliphatic rings. The van der Waals surface area contributed by atoms with Crippen molar-refractivity contribution in [2.75, 3.05) is 16.8 Å². The molecule has 5 rings (SSSR count). The molecule has 0 amide bonds. The number of nitrogens with one attached hydrogen (secondary N) is 1. The maximum absolute atomic E-state index is 13.7. The molecule has 1 fully saturated rings. The Labute approximate surface area is 157 Å². The van der Waals surface area contributed by atoms with E-state index in [1.807, 2.05) is 30.5 Å². The Morgan fingerprint density at radius 1 is 1.07 bits per heavy atom. The van der Waals surface area contributed by atoms with Crippen LogP contribution in [0.4, 0.5) is 16.0 Å². The molecule has 136 valence electrons. The van der Waals surface area contributed by atoms with Crippen LogP contribution in [-0.4, -0.2) is 27.5 Å². The maximum atomic E-state index is 13.7. The van der Waals surface area contributed by atoms with Crippen molar-refractivity contribution in [1.82, 2.24) is 15.0 Å². The Kier molecular flexibility index (Phi) is 3.96. The highest BCUT2D eigenvalue weighted by molar-refractivity contribution is 5.62. The summed E-state index contributed by atoms with van der Waals surface area (Å²) in [5.74, 6) is 2.16. The molecular weight excluding hydrogens is 341 g/mol. The third-order valence-electron chi connectivity index (χ3n) is 5.03. The Morgan fingerprint density at radius 2 is 2.00 bits per heavy atom. The summed E-state index contributed by atoms with van der Waals surface area (Å²) in [5.41, 5.74) is 2.88. The zero-order chi connectivity index (χ0) is 18.2. The van der Waals surface area contributed by atoms with Gasteiger partial charge in [0.05, 0.1) is 5.69 Å². The predicted molar refractivity (Wildman–Crippen MR) is 103 cm³/mol. The Morgan fingerprint density at radius 3 is 2.78 bits per heavy atom. The van der Waals surface area contributed by atoms with Crippen LogP contribution in [0.15, 0.2) is 48.7 Å². The second kappa shape index (κ2) is 6.61. The molecule has 0 spiro atoms. The molecule has 0 atom stereocenters. The number of anilines is 2. The quantitative estimate of drug-likeness (QED) is 0.766. The summed E-state index contributed by atoms with van der Waals surface area (Å²) in [4.78, 5) is 16.3. The van der Waals surface area contributed by atoms with Gasteiger partial charge in [-0.25, -0.2) is 19.3 Å². The first-order chi connectivity index (χ1) is 13.3. The highest BCUT2D eigenvalue weighted by Crippen LogP contribution is 2.32. The van der Waals surface area contributed by atoms with Crippen LogP contribution in [0.25, 0.3) is 11.4 Å². The van der Waals surface area contributed by atoms with Crippen molar-refractivity contribution in [3.63, 3.8) is 0 Å². The van der Waals surface area contributed by atoms with Crippen molar-refractivity contribution in [2.45, 2.75) is 31.8 Å². The normalized spacial score (nSPS) is 16.1. The summed E-state index contributed by atoms with van der Waals surface area (Å²) in [6, 6.07) is 12.9. The largest absolute Gasteiger partial charge is 0.367 e. The minimum Gasteiger partial charge on any atom is -0.367 e. The SMILES string of the molecule is Fc1cccc(-c2nc3c(c(NC4CC4)n2)CN(c2ccccn2)CC3)c1. The van der Waals surface area contributed by atoms with Gasteiger partial charge >= 0.3 is 0 Å². The van der Waals surface area contributed by atoms with E-state index in [2.05, 4.69) is 15.2 Å². The smallest absolute Gasteiger partial charge is 0.161 e. The van der Waals surface area contributed by atoms with Gasteiger partial charge in [0.15, 0.2) is 5.82 Å². The van der Waals surface area contributed by atoms with Gasteiger partial charge < -0.3 is 10.2 Å². The summed E-state index contributed by atoms with van der Waals surface area (Å²) in [6.45, 7) is 1.58. The summed E-state index contributed by atoms with van der Waals surface area (Å²) in [5, 5.41) is 3.55. The number of pyridine rings is 1. The fraction of sp³-hybridized carbons (Fsp3) is 0.286. The van der Waals surface area contributed by atoms with Crippen molar-refractivity contribution in [3.8, 4) is 11.4 Å². The van der Waals surface area contributed by atoms with E-state index in [-0.39, 0.29) is 5.82 Å². The lowest BCUT2D eigenvalue weighted by Gasteiger charge is -2.30. The summed E-state index contributed by atoms with van der Waals surface area (Å²) >= 11 is 0. The fourth-order valence-corrected chi connectivity index (χ4v) is 3.45. The molecule has 0 bridgehead atoms. The fourth-order valence-electron chi connectivity index (χ4n) is 3.45. The number of benzene rings is 1. The minimum absolute atomic E-state index is 0.271. The van der Waals surface area contributed by atoms with Gasteiger partial charge in [0.25, 0.3) is 0 Å². The van der Waals surface area contributed by atoms with Crippen molar-refractivity contribution in [3.05, 3.63) is 65.7 Å². The van der Waals surface area contributed by atoms with Crippen LogP contribution in [0.1, 0.15) is 24.1 Å². The predicted octanol–water partition coefficient (Wildman–Crippen LogP) is 3.81. The Balaban J connectivity index is 1.54. The van der Waals surface area contributed by atoms with Gasteiger partial charge in [0.1, 0.15) is 17.5 Å². The van der Waals surface area contributed by atoms with Crippen LogP contribution in [0.2, 0.25) is 0 Å². The van der Waals surface area contributed by atoms with E-state index in [4.69, 9.17) is 9.97 Å². The van der Waals surface area contributed by atoms with E-state index in [9.17, 15) is 4.39 Å². The van der Waals surface area contributed by atoms with Gasteiger partial charge in [0.2, 0.25) is 0 Å². The third-order valence-corrected chi connectivity index (χ3v) is 5.03. The molecule has 5 nitrogen and oxygen atoms in total. The molecule has 3 aromatic rings. The Hall–Kier alpha value is -3.02. The number of halogens is 1. The summed E-state index contributed by atoms with van der Waals surface area (Å²) in [6.07, 6.45) is 4.96. The number of fused-ring (bicyclic) bond motifs is 1. The Bertz CT molecular complexity index is 972. The van der Waals surface area contributed by atoms with E-state index in [0.29, 0.717) is 17.4 Å². The number of rotatable bonds is 4. The van der Waals surface area contributed by atoms with E-state index >= 15 is 0 Å². The molecule has 1 aliphatic carbocycles. The molecule has 0 saturated heterocycles. The molecule has 3 heterocycles. The lowest BCUT2D eigenvalue weighted by Crippen LogP contribution is -2.33. The zero-order valence-corrected chi connectivity index (χ0v) is 14.9. The highest BCUT2D eigenvalue weighted by atomic mass is 19.1. The van der Waals surface area contributed by atoms with E-state index in [1.165, 1.54) is 12.1 Å². The minimum atomic E-state index is -0.271. The van der Waals surface area contributed by atoms with Gasteiger partial charge in [-0.05, 0) is 37.1 Å². The molecule has 2 aromatic heterocycles. The molecule has 1 saturated carbocycles. The number of hydrogen-bond acceptors (Lipinski definition) is 5. The van der Waals surface area contributed by atoms with Gasteiger partial charge in [-0.1, -0.05) is 18.2 Å². The van der Waals surface area contributed by atoms with Crippen molar-refractivity contribution >= 4 is 11.6 Å².